The summed E-state index contributed by atoms with van der Waals surface area (Å²) < 4.78 is 13.3. The lowest BCUT2D eigenvalue weighted by molar-refractivity contribution is 0.623. The summed E-state index contributed by atoms with van der Waals surface area (Å²) in [6.07, 6.45) is 3.92. The second-order valence-electron chi connectivity index (χ2n) is 2.97. The molecule has 0 saturated heterocycles. The van der Waals surface area contributed by atoms with Gasteiger partial charge in [0.05, 0.1) is 0 Å². The van der Waals surface area contributed by atoms with Gasteiger partial charge in [-0.1, -0.05) is 38.1 Å². The van der Waals surface area contributed by atoms with Crippen LogP contribution in [0.2, 0.25) is 0 Å². The van der Waals surface area contributed by atoms with Gasteiger partial charge in [0.25, 0.3) is 0 Å². The molecule has 0 spiro atoms. The van der Waals surface area contributed by atoms with Gasteiger partial charge in [0.1, 0.15) is 5.82 Å². The Bertz CT molecular complexity index is 300. The third kappa shape index (κ3) is 2.41. The molecule has 1 aromatic rings. The van der Waals surface area contributed by atoms with E-state index in [1.165, 1.54) is 6.07 Å². The van der Waals surface area contributed by atoms with Gasteiger partial charge in [0, 0.05) is 5.56 Å². The maximum absolute atomic E-state index is 13.3. The average Bonchev–Trinajstić information content (AvgIpc) is 2.16. The van der Waals surface area contributed by atoms with Gasteiger partial charge in [0.2, 0.25) is 0 Å². The van der Waals surface area contributed by atoms with Crippen molar-refractivity contribution < 1.29 is 4.39 Å². The fraction of sp³-hybridized carbons (Fsp3) is 0.333. The smallest absolute Gasteiger partial charge is 0.130 e. The number of hydrogen-bond donors (Lipinski definition) is 0. The molecule has 0 N–H and O–H groups in total. The van der Waals surface area contributed by atoms with Crippen LogP contribution in [0.4, 0.5) is 4.39 Å². The molecule has 0 bridgehead atoms. The third-order valence-electron chi connectivity index (χ3n) is 2.05. The lowest BCUT2D eigenvalue weighted by Gasteiger charge is -2.05. The molecule has 1 rings (SSSR count). The van der Waals surface area contributed by atoms with Crippen LogP contribution in [0.5, 0.6) is 0 Å². The number of rotatable bonds is 3. The van der Waals surface area contributed by atoms with Crippen molar-refractivity contribution in [2.75, 3.05) is 0 Å². The quantitative estimate of drug-likeness (QED) is 0.655. The van der Waals surface area contributed by atoms with Crippen LogP contribution in [0.1, 0.15) is 32.3 Å². The van der Waals surface area contributed by atoms with Crippen LogP contribution in [0.25, 0.3) is 5.57 Å². The van der Waals surface area contributed by atoms with Crippen LogP contribution >= 0.6 is 0 Å². The first-order valence-corrected chi connectivity index (χ1v) is 4.73. The molecule has 1 heteroatoms. The first-order chi connectivity index (χ1) is 6.29. The van der Waals surface area contributed by atoms with Crippen molar-refractivity contribution in [3.8, 4) is 0 Å². The van der Waals surface area contributed by atoms with E-state index in [0.29, 0.717) is 0 Å². The Hall–Kier alpha value is -1.11. The normalized spacial score (nSPS) is 11.8. The minimum Gasteiger partial charge on any atom is -0.206 e. The van der Waals surface area contributed by atoms with Crippen molar-refractivity contribution in [2.24, 2.45) is 0 Å². The van der Waals surface area contributed by atoms with E-state index in [9.17, 15) is 4.39 Å². The Labute approximate surface area is 79.1 Å². The van der Waals surface area contributed by atoms with Crippen molar-refractivity contribution in [2.45, 2.75) is 26.7 Å². The molecule has 0 aromatic heterocycles. The Morgan fingerprint density at radius 2 is 2.00 bits per heavy atom. The predicted octanol–water partition coefficient (Wildman–Crippen LogP) is 4.03. The van der Waals surface area contributed by atoms with Crippen LogP contribution in [-0.2, 0) is 0 Å². The highest BCUT2D eigenvalue weighted by Gasteiger charge is 2.03. The van der Waals surface area contributed by atoms with Gasteiger partial charge < -0.3 is 0 Å². The maximum atomic E-state index is 13.3. The van der Waals surface area contributed by atoms with Crippen molar-refractivity contribution in [1.29, 1.82) is 0 Å². The molecule has 0 heterocycles. The Morgan fingerprint density at radius 3 is 2.54 bits per heavy atom. The summed E-state index contributed by atoms with van der Waals surface area (Å²) in [6, 6.07) is 6.93. The second-order valence-corrected chi connectivity index (χ2v) is 2.97. The molecular weight excluding hydrogens is 163 g/mol. The fourth-order valence-electron chi connectivity index (χ4n) is 1.41. The maximum Gasteiger partial charge on any atom is 0.130 e. The van der Waals surface area contributed by atoms with Crippen molar-refractivity contribution in [1.82, 2.24) is 0 Å². The van der Waals surface area contributed by atoms with E-state index in [1.807, 2.05) is 19.1 Å². The second kappa shape index (κ2) is 4.80. The molecule has 0 aliphatic heterocycles. The summed E-state index contributed by atoms with van der Waals surface area (Å²) in [5, 5.41) is 0. The van der Waals surface area contributed by atoms with Crippen molar-refractivity contribution >= 4 is 5.57 Å². The number of hydrogen-bond acceptors (Lipinski definition) is 0. The molecular formula is C12H15F. The molecule has 0 radical (unpaired) electrons. The van der Waals surface area contributed by atoms with Gasteiger partial charge in [-0.05, 0) is 24.5 Å². The van der Waals surface area contributed by atoms with Gasteiger partial charge in [-0.15, -0.1) is 0 Å². The van der Waals surface area contributed by atoms with Crippen LogP contribution in [0.3, 0.4) is 0 Å². The highest BCUT2D eigenvalue weighted by Crippen LogP contribution is 2.21. The first-order valence-electron chi connectivity index (χ1n) is 4.73. The van der Waals surface area contributed by atoms with E-state index in [2.05, 4.69) is 13.0 Å². The molecule has 13 heavy (non-hydrogen) atoms. The lowest BCUT2D eigenvalue weighted by Crippen LogP contribution is -1.87. The molecule has 0 saturated carbocycles. The summed E-state index contributed by atoms with van der Waals surface area (Å²) in [5.74, 6) is -0.121. The van der Waals surface area contributed by atoms with Gasteiger partial charge in [-0.3, -0.25) is 0 Å². The van der Waals surface area contributed by atoms with Gasteiger partial charge in [0.15, 0.2) is 0 Å². The monoisotopic (exact) mass is 178 g/mol. The summed E-state index contributed by atoms with van der Waals surface area (Å²) in [5.41, 5.74) is 1.84. The van der Waals surface area contributed by atoms with E-state index in [4.69, 9.17) is 0 Å². The Kier molecular flexibility index (Phi) is 3.69. The van der Waals surface area contributed by atoms with Crippen molar-refractivity contribution in [3.05, 3.63) is 41.7 Å². The molecule has 0 unspecified atom stereocenters. The van der Waals surface area contributed by atoms with Crippen LogP contribution in [0, 0.1) is 5.82 Å². The zero-order chi connectivity index (χ0) is 9.68. The SMILES string of the molecule is CC/C=C(\CC)c1ccccc1F. The van der Waals surface area contributed by atoms with Crippen molar-refractivity contribution in [3.63, 3.8) is 0 Å². The summed E-state index contributed by atoms with van der Waals surface area (Å²) in [6.45, 7) is 4.12. The molecule has 0 nitrogen and oxygen atoms in total. The first kappa shape index (κ1) is 9.97. The topological polar surface area (TPSA) is 0 Å². The highest BCUT2D eigenvalue weighted by molar-refractivity contribution is 5.65. The van der Waals surface area contributed by atoms with E-state index >= 15 is 0 Å². The molecule has 1 aromatic carbocycles. The van der Waals surface area contributed by atoms with E-state index in [1.54, 1.807) is 6.07 Å². The number of allylic oxidation sites excluding steroid dienone is 2. The van der Waals surface area contributed by atoms with Gasteiger partial charge in [-0.2, -0.15) is 0 Å². The Balaban J connectivity index is 3.05. The number of halogens is 1. The number of benzene rings is 1. The lowest BCUT2D eigenvalue weighted by atomic mass is 10.0. The molecule has 0 fully saturated rings. The average molecular weight is 178 g/mol. The molecule has 0 aliphatic rings. The van der Waals surface area contributed by atoms with Gasteiger partial charge in [-0.25, -0.2) is 4.39 Å². The molecule has 0 atom stereocenters. The summed E-state index contributed by atoms with van der Waals surface area (Å²) >= 11 is 0. The van der Waals surface area contributed by atoms with E-state index in [-0.39, 0.29) is 5.82 Å². The minimum atomic E-state index is -0.121. The van der Waals surface area contributed by atoms with Crippen LogP contribution in [-0.4, -0.2) is 0 Å². The highest BCUT2D eigenvalue weighted by atomic mass is 19.1. The fourth-order valence-corrected chi connectivity index (χ4v) is 1.41. The minimum absolute atomic E-state index is 0.121. The Morgan fingerprint density at radius 1 is 1.31 bits per heavy atom. The summed E-state index contributed by atoms with van der Waals surface area (Å²) in [7, 11) is 0. The van der Waals surface area contributed by atoms with E-state index < -0.39 is 0 Å². The molecule has 0 aliphatic carbocycles. The predicted molar refractivity (Wildman–Crippen MR) is 55.0 cm³/mol. The van der Waals surface area contributed by atoms with Gasteiger partial charge >= 0.3 is 0 Å². The van der Waals surface area contributed by atoms with E-state index in [0.717, 1.165) is 24.0 Å². The van der Waals surface area contributed by atoms with Crippen LogP contribution < -0.4 is 0 Å². The zero-order valence-electron chi connectivity index (χ0n) is 8.18. The summed E-state index contributed by atoms with van der Waals surface area (Å²) in [4.78, 5) is 0. The zero-order valence-corrected chi connectivity index (χ0v) is 8.18. The van der Waals surface area contributed by atoms with Crippen LogP contribution in [0.15, 0.2) is 30.3 Å². The molecule has 70 valence electrons. The molecule has 0 amide bonds. The third-order valence-corrected chi connectivity index (χ3v) is 2.05. The largest absolute Gasteiger partial charge is 0.206 e. The standard InChI is InChI=1S/C12H15F/c1-3-7-10(4-2)11-8-5-6-9-12(11)13/h5-9H,3-4H2,1-2H3/b10-7+.